The van der Waals surface area contributed by atoms with Crippen molar-refractivity contribution in [1.29, 1.82) is 0 Å². The molecule has 1 aromatic carbocycles. The summed E-state index contributed by atoms with van der Waals surface area (Å²) in [6.07, 6.45) is -4.68. The fourth-order valence-corrected chi connectivity index (χ4v) is 2.02. The van der Waals surface area contributed by atoms with Gasteiger partial charge in [0.15, 0.2) is 0 Å². The fourth-order valence-electron chi connectivity index (χ4n) is 2.02. The third kappa shape index (κ3) is 4.61. The molecule has 22 heavy (non-hydrogen) atoms. The SMILES string of the molecule is Cc1cc(C)nc(N(C)Cc2ccc(OC(F)(F)F)cc2)n1. The molecule has 0 saturated heterocycles. The first-order chi connectivity index (χ1) is 10.2. The number of halogens is 3. The molecule has 2 rings (SSSR count). The smallest absolute Gasteiger partial charge is 0.406 e. The molecule has 4 nitrogen and oxygen atoms in total. The van der Waals surface area contributed by atoms with Gasteiger partial charge >= 0.3 is 6.36 Å². The number of anilines is 1. The first-order valence-corrected chi connectivity index (χ1v) is 6.61. The summed E-state index contributed by atoms with van der Waals surface area (Å²) in [5.41, 5.74) is 2.56. The molecule has 0 amide bonds. The zero-order chi connectivity index (χ0) is 16.3. The standard InChI is InChI=1S/C15H16F3N3O/c1-10-8-11(2)20-14(19-10)21(3)9-12-4-6-13(7-5-12)22-15(16,17)18/h4-8H,9H2,1-3H3. The number of alkyl halides is 3. The third-order valence-electron chi connectivity index (χ3n) is 2.89. The van der Waals surface area contributed by atoms with E-state index in [4.69, 9.17) is 0 Å². The largest absolute Gasteiger partial charge is 0.573 e. The van der Waals surface area contributed by atoms with Gasteiger partial charge in [0.25, 0.3) is 0 Å². The van der Waals surface area contributed by atoms with Gasteiger partial charge in [0.1, 0.15) is 5.75 Å². The highest BCUT2D eigenvalue weighted by Gasteiger charge is 2.30. The monoisotopic (exact) mass is 311 g/mol. The van der Waals surface area contributed by atoms with Crippen LogP contribution in [0.15, 0.2) is 30.3 Å². The number of hydrogen-bond donors (Lipinski definition) is 0. The molecule has 0 saturated carbocycles. The van der Waals surface area contributed by atoms with E-state index in [-0.39, 0.29) is 5.75 Å². The van der Waals surface area contributed by atoms with Crippen LogP contribution in [0.2, 0.25) is 0 Å². The van der Waals surface area contributed by atoms with Gasteiger partial charge in [0.05, 0.1) is 0 Å². The molecule has 7 heteroatoms. The average molecular weight is 311 g/mol. The van der Waals surface area contributed by atoms with Crippen molar-refractivity contribution in [1.82, 2.24) is 9.97 Å². The predicted octanol–water partition coefficient (Wildman–Crippen LogP) is 3.63. The molecule has 0 spiro atoms. The summed E-state index contributed by atoms with van der Waals surface area (Å²) >= 11 is 0. The number of nitrogens with zero attached hydrogens (tertiary/aromatic N) is 3. The minimum Gasteiger partial charge on any atom is -0.406 e. The highest BCUT2D eigenvalue weighted by molar-refractivity contribution is 5.35. The first kappa shape index (κ1) is 16.1. The minimum atomic E-state index is -4.68. The van der Waals surface area contributed by atoms with E-state index in [9.17, 15) is 13.2 Å². The maximum atomic E-state index is 12.1. The Labute approximate surface area is 126 Å². The van der Waals surface area contributed by atoms with Crippen LogP contribution in [0.1, 0.15) is 17.0 Å². The van der Waals surface area contributed by atoms with E-state index in [2.05, 4.69) is 14.7 Å². The minimum absolute atomic E-state index is 0.235. The number of benzene rings is 1. The number of hydrogen-bond acceptors (Lipinski definition) is 4. The van der Waals surface area contributed by atoms with E-state index in [1.54, 1.807) is 12.1 Å². The van der Waals surface area contributed by atoms with E-state index in [0.29, 0.717) is 12.5 Å². The van der Waals surface area contributed by atoms with Crippen LogP contribution in [-0.4, -0.2) is 23.4 Å². The summed E-state index contributed by atoms with van der Waals surface area (Å²) in [4.78, 5) is 10.5. The Morgan fingerprint density at radius 2 is 1.59 bits per heavy atom. The van der Waals surface area contributed by atoms with Crippen molar-refractivity contribution in [3.63, 3.8) is 0 Å². The second kappa shape index (κ2) is 6.21. The summed E-state index contributed by atoms with van der Waals surface area (Å²) in [6.45, 7) is 4.25. The fraction of sp³-hybridized carbons (Fsp3) is 0.333. The molecule has 0 fully saturated rings. The first-order valence-electron chi connectivity index (χ1n) is 6.61. The number of ether oxygens (including phenoxy) is 1. The zero-order valence-electron chi connectivity index (χ0n) is 12.5. The van der Waals surface area contributed by atoms with E-state index in [0.717, 1.165) is 17.0 Å². The summed E-state index contributed by atoms with van der Waals surface area (Å²) in [7, 11) is 1.83. The highest BCUT2D eigenvalue weighted by atomic mass is 19.4. The van der Waals surface area contributed by atoms with Crippen LogP contribution in [0.25, 0.3) is 0 Å². The van der Waals surface area contributed by atoms with Crippen LogP contribution >= 0.6 is 0 Å². The molecule has 0 unspecified atom stereocenters. The van der Waals surface area contributed by atoms with Crippen molar-refractivity contribution in [2.24, 2.45) is 0 Å². The Hall–Kier alpha value is -2.31. The van der Waals surface area contributed by atoms with Gasteiger partial charge in [-0.2, -0.15) is 0 Å². The number of aryl methyl sites for hydroxylation is 2. The molecule has 118 valence electrons. The molecule has 1 heterocycles. The lowest BCUT2D eigenvalue weighted by Crippen LogP contribution is -2.20. The van der Waals surface area contributed by atoms with Gasteiger partial charge < -0.3 is 9.64 Å². The van der Waals surface area contributed by atoms with E-state index < -0.39 is 6.36 Å². The van der Waals surface area contributed by atoms with Gasteiger partial charge in [0.2, 0.25) is 5.95 Å². The lowest BCUT2D eigenvalue weighted by molar-refractivity contribution is -0.274. The van der Waals surface area contributed by atoms with Crippen LogP contribution in [0.5, 0.6) is 5.75 Å². The van der Waals surface area contributed by atoms with Crippen LogP contribution in [0.3, 0.4) is 0 Å². The predicted molar refractivity (Wildman–Crippen MR) is 76.7 cm³/mol. The highest BCUT2D eigenvalue weighted by Crippen LogP contribution is 2.23. The Bertz CT molecular complexity index is 621. The van der Waals surface area contributed by atoms with E-state index >= 15 is 0 Å². The van der Waals surface area contributed by atoms with Crippen molar-refractivity contribution in [2.75, 3.05) is 11.9 Å². The third-order valence-corrected chi connectivity index (χ3v) is 2.89. The summed E-state index contributed by atoms with van der Waals surface area (Å²) in [5, 5.41) is 0. The van der Waals surface area contributed by atoms with Crippen LogP contribution in [0.4, 0.5) is 19.1 Å². The molecule has 0 aliphatic carbocycles. The molecule has 0 N–H and O–H groups in total. The topological polar surface area (TPSA) is 38.2 Å². The van der Waals surface area contributed by atoms with Gasteiger partial charge in [-0.25, -0.2) is 9.97 Å². The van der Waals surface area contributed by atoms with E-state index in [1.165, 1.54) is 12.1 Å². The molecule has 0 aliphatic rings. The van der Waals surface area contributed by atoms with Crippen molar-refractivity contribution >= 4 is 5.95 Å². The molecule has 0 atom stereocenters. The quantitative estimate of drug-likeness (QED) is 0.864. The Balaban J connectivity index is 2.07. The molecular weight excluding hydrogens is 295 g/mol. The summed E-state index contributed by atoms with van der Waals surface area (Å²) in [5.74, 6) is 0.342. The molecule has 0 radical (unpaired) electrons. The van der Waals surface area contributed by atoms with Crippen molar-refractivity contribution in [3.05, 3.63) is 47.3 Å². The van der Waals surface area contributed by atoms with Gasteiger partial charge in [-0.3, -0.25) is 0 Å². The Morgan fingerprint density at radius 3 is 2.09 bits per heavy atom. The number of aromatic nitrogens is 2. The summed E-state index contributed by atoms with van der Waals surface area (Å²) < 4.78 is 40.1. The molecular formula is C15H16F3N3O. The average Bonchev–Trinajstić information content (AvgIpc) is 2.38. The van der Waals surface area contributed by atoms with Crippen molar-refractivity contribution in [2.45, 2.75) is 26.8 Å². The van der Waals surface area contributed by atoms with Gasteiger partial charge in [-0.1, -0.05) is 12.1 Å². The van der Waals surface area contributed by atoms with Gasteiger partial charge in [-0.05, 0) is 37.6 Å². The van der Waals surface area contributed by atoms with Crippen LogP contribution < -0.4 is 9.64 Å². The van der Waals surface area contributed by atoms with Gasteiger partial charge in [-0.15, -0.1) is 13.2 Å². The second-order valence-electron chi connectivity index (χ2n) is 5.00. The normalized spacial score (nSPS) is 11.4. The van der Waals surface area contributed by atoms with Gasteiger partial charge in [0, 0.05) is 25.0 Å². The maximum absolute atomic E-state index is 12.1. The number of rotatable bonds is 4. The Morgan fingerprint density at radius 1 is 1.05 bits per heavy atom. The lowest BCUT2D eigenvalue weighted by Gasteiger charge is -2.18. The van der Waals surface area contributed by atoms with E-state index in [1.807, 2.05) is 31.9 Å². The second-order valence-corrected chi connectivity index (χ2v) is 5.00. The summed E-state index contributed by atoms with van der Waals surface area (Å²) in [6, 6.07) is 7.62. The van der Waals surface area contributed by atoms with Crippen LogP contribution in [0, 0.1) is 13.8 Å². The lowest BCUT2D eigenvalue weighted by atomic mass is 10.2. The molecule has 0 bridgehead atoms. The Kier molecular flexibility index (Phi) is 4.54. The molecule has 0 aliphatic heterocycles. The molecule has 2 aromatic rings. The molecule has 1 aromatic heterocycles. The van der Waals surface area contributed by atoms with Crippen LogP contribution in [-0.2, 0) is 6.54 Å². The van der Waals surface area contributed by atoms with Crippen molar-refractivity contribution < 1.29 is 17.9 Å². The van der Waals surface area contributed by atoms with Crippen molar-refractivity contribution in [3.8, 4) is 5.75 Å². The maximum Gasteiger partial charge on any atom is 0.573 e. The zero-order valence-corrected chi connectivity index (χ0v) is 12.5.